The lowest BCUT2D eigenvalue weighted by Crippen LogP contribution is -2.44. The Kier molecular flexibility index (Phi) is 6.43. The molecule has 194 valence electrons. The van der Waals surface area contributed by atoms with Gasteiger partial charge in [-0.15, -0.1) is 10.2 Å². The minimum Gasteiger partial charge on any atom is -0.492 e. The number of benzene rings is 1. The predicted octanol–water partition coefficient (Wildman–Crippen LogP) is 2.54. The molecule has 0 radical (unpaired) electrons. The Morgan fingerprint density at radius 2 is 2.00 bits per heavy atom. The second-order valence-corrected chi connectivity index (χ2v) is 10.3. The number of imidazole rings is 1. The highest BCUT2D eigenvalue weighted by molar-refractivity contribution is 6.33. The van der Waals surface area contributed by atoms with E-state index in [1.807, 2.05) is 34.4 Å². The summed E-state index contributed by atoms with van der Waals surface area (Å²) in [4.78, 5) is 16.3. The van der Waals surface area contributed by atoms with Gasteiger partial charge in [-0.25, -0.2) is 9.97 Å². The average Bonchev–Trinajstić information content (AvgIpc) is 3.30. The molecule has 0 spiro atoms. The molecule has 1 saturated carbocycles. The third-order valence-electron chi connectivity index (χ3n) is 6.97. The molecule has 6 rings (SSSR count). The first kappa shape index (κ1) is 24.1. The van der Waals surface area contributed by atoms with E-state index < -0.39 is 0 Å². The molecule has 0 bridgehead atoms. The molecule has 3 aromatic heterocycles. The second kappa shape index (κ2) is 9.88. The van der Waals surface area contributed by atoms with Gasteiger partial charge >= 0.3 is 0 Å². The van der Waals surface area contributed by atoms with Crippen LogP contribution in [0.15, 0.2) is 30.9 Å². The molecule has 1 aliphatic heterocycles. The molecule has 12 heteroatoms. The standard InChI is InChI=1S/C25H30ClN9O2/c1-25(5-6-25)37-24-21-23(28-15-29-24)35(14-20-32-30-16-33(20)2)22(31-21)18-4-3-17(13-19(18)26)36-12-11-34-9-7-27-8-10-34/h3-4,13,15-16,27H,5-12,14H2,1-2H3. The van der Waals surface area contributed by atoms with Crippen molar-refractivity contribution in [2.75, 3.05) is 39.3 Å². The Morgan fingerprint density at radius 3 is 2.73 bits per heavy atom. The van der Waals surface area contributed by atoms with Crippen molar-refractivity contribution in [1.29, 1.82) is 0 Å². The van der Waals surface area contributed by atoms with Gasteiger partial charge in [-0.3, -0.25) is 4.90 Å². The highest BCUT2D eigenvalue weighted by Crippen LogP contribution is 2.41. The van der Waals surface area contributed by atoms with Gasteiger partial charge in [0.1, 0.15) is 36.4 Å². The van der Waals surface area contributed by atoms with Crippen molar-refractivity contribution < 1.29 is 9.47 Å². The van der Waals surface area contributed by atoms with Crippen molar-refractivity contribution in [2.45, 2.75) is 31.9 Å². The molecule has 11 nitrogen and oxygen atoms in total. The van der Waals surface area contributed by atoms with E-state index in [9.17, 15) is 0 Å². The lowest BCUT2D eigenvalue weighted by molar-refractivity contribution is 0.191. The van der Waals surface area contributed by atoms with Crippen LogP contribution in [0.3, 0.4) is 0 Å². The molecule has 2 fully saturated rings. The van der Waals surface area contributed by atoms with Crippen LogP contribution in [0.1, 0.15) is 25.6 Å². The van der Waals surface area contributed by atoms with Crippen molar-refractivity contribution in [2.24, 2.45) is 7.05 Å². The van der Waals surface area contributed by atoms with Gasteiger partial charge in [-0.05, 0) is 38.0 Å². The number of piperazine rings is 1. The Morgan fingerprint density at radius 1 is 1.16 bits per heavy atom. The molecule has 1 aromatic carbocycles. The third-order valence-corrected chi connectivity index (χ3v) is 7.28. The highest BCUT2D eigenvalue weighted by Gasteiger charge is 2.41. The largest absolute Gasteiger partial charge is 0.492 e. The predicted molar refractivity (Wildman–Crippen MR) is 139 cm³/mol. The quantitative estimate of drug-likeness (QED) is 0.354. The Hall–Kier alpha value is -3.28. The number of hydrogen-bond donors (Lipinski definition) is 1. The maximum absolute atomic E-state index is 6.81. The van der Waals surface area contributed by atoms with Crippen LogP contribution in [0, 0.1) is 0 Å². The van der Waals surface area contributed by atoms with Crippen molar-refractivity contribution in [3.05, 3.63) is 41.7 Å². The second-order valence-electron chi connectivity index (χ2n) is 9.86. The normalized spacial score (nSPS) is 17.3. The van der Waals surface area contributed by atoms with Crippen LogP contribution in [-0.4, -0.2) is 84.1 Å². The number of halogens is 1. The summed E-state index contributed by atoms with van der Waals surface area (Å²) in [6.45, 7) is 8.10. The van der Waals surface area contributed by atoms with Crippen LogP contribution < -0.4 is 14.8 Å². The summed E-state index contributed by atoms with van der Waals surface area (Å²) >= 11 is 6.81. The fraction of sp³-hybridized carbons (Fsp3) is 0.480. The molecular weight excluding hydrogens is 494 g/mol. The molecule has 1 aliphatic carbocycles. The maximum Gasteiger partial charge on any atom is 0.245 e. The number of rotatable bonds is 9. The van der Waals surface area contributed by atoms with Gasteiger partial charge in [0.2, 0.25) is 5.88 Å². The lowest BCUT2D eigenvalue weighted by atomic mass is 10.2. The summed E-state index contributed by atoms with van der Waals surface area (Å²) < 4.78 is 16.1. The zero-order chi connectivity index (χ0) is 25.4. The van der Waals surface area contributed by atoms with Crippen molar-refractivity contribution >= 4 is 22.8 Å². The van der Waals surface area contributed by atoms with Crippen molar-refractivity contribution in [3.8, 4) is 23.0 Å². The first-order chi connectivity index (χ1) is 18.0. The smallest absolute Gasteiger partial charge is 0.245 e. The zero-order valence-corrected chi connectivity index (χ0v) is 21.8. The monoisotopic (exact) mass is 523 g/mol. The van der Waals surface area contributed by atoms with Crippen LogP contribution in [0.5, 0.6) is 11.6 Å². The fourth-order valence-corrected chi connectivity index (χ4v) is 4.70. The summed E-state index contributed by atoms with van der Waals surface area (Å²) in [5.41, 5.74) is 1.82. The molecule has 0 unspecified atom stereocenters. The highest BCUT2D eigenvalue weighted by atomic mass is 35.5. The van der Waals surface area contributed by atoms with E-state index >= 15 is 0 Å². The number of hydrogen-bond acceptors (Lipinski definition) is 9. The molecule has 0 amide bonds. The molecule has 2 aliphatic rings. The van der Waals surface area contributed by atoms with Gasteiger partial charge in [0.15, 0.2) is 17.0 Å². The number of aryl methyl sites for hydroxylation is 1. The molecular formula is C25H30ClN9O2. The van der Waals surface area contributed by atoms with E-state index in [0.29, 0.717) is 41.0 Å². The Balaban J connectivity index is 1.32. The van der Waals surface area contributed by atoms with E-state index in [0.717, 1.165) is 62.7 Å². The fourth-order valence-electron chi connectivity index (χ4n) is 4.44. The molecule has 4 heterocycles. The summed E-state index contributed by atoms with van der Waals surface area (Å²) in [5.74, 6) is 2.62. The van der Waals surface area contributed by atoms with Gasteiger partial charge in [0, 0.05) is 45.3 Å². The van der Waals surface area contributed by atoms with Crippen LogP contribution in [0.2, 0.25) is 5.02 Å². The van der Waals surface area contributed by atoms with Gasteiger partial charge in [-0.2, -0.15) is 4.98 Å². The first-order valence-corrected chi connectivity index (χ1v) is 13.0. The molecule has 4 aromatic rings. The van der Waals surface area contributed by atoms with Gasteiger partial charge in [0.05, 0.1) is 11.6 Å². The molecule has 1 N–H and O–H groups in total. The maximum atomic E-state index is 6.81. The number of ether oxygens (including phenoxy) is 2. The lowest BCUT2D eigenvalue weighted by Gasteiger charge is -2.26. The van der Waals surface area contributed by atoms with Crippen LogP contribution in [0.25, 0.3) is 22.6 Å². The number of nitrogens with zero attached hydrogens (tertiary/aromatic N) is 8. The number of aromatic nitrogens is 7. The molecule has 1 saturated heterocycles. The topological polar surface area (TPSA) is 108 Å². The Labute approximate surface area is 219 Å². The molecule has 37 heavy (non-hydrogen) atoms. The number of nitrogens with one attached hydrogen (secondary N) is 1. The Bertz CT molecular complexity index is 1410. The zero-order valence-electron chi connectivity index (χ0n) is 21.0. The van der Waals surface area contributed by atoms with Gasteiger partial charge < -0.3 is 23.9 Å². The minimum atomic E-state index is -0.198. The first-order valence-electron chi connectivity index (χ1n) is 12.6. The van der Waals surface area contributed by atoms with E-state index in [1.165, 1.54) is 6.33 Å². The summed E-state index contributed by atoms with van der Waals surface area (Å²) in [7, 11) is 1.91. The number of fused-ring (bicyclic) bond motifs is 1. The van der Waals surface area contributed by atoms with E-state index in [-0.39, 0.29) is 5.60 Å². The summed E-state index contributed by atoms with van der Waals surface area (Å²) in [6.07, 6.45) is 5.17. The van der Waals surface area contributed by atoms with Gasteiger partial charge in [0.25, 0.3) is 0 Å². The minimum absolute atomic E-state index is 0.198. The summed E-state index contributed by atoms with van der Waals surface area (Å²) in [5, 5.41) is 12.2. The van der Waals surface area contributed by atoms with E-state index in [2.05, 4.69) is 37.3 Å². The summed E-state index contributed by atoms with van der Waals surface area (Å²) in [6, 6.07) is 5.71. The van der Waals surface area contributed by atoms with Crippen molar-refractivity contribution in [3.63, 3.8) is 0 Å². The van der Waals surface area contributed by atoms with E-state index in [4.69, 9.17) is 26.1 Å². The van der Waals surface area contributed by atoms with Crippen molar-refractivity contribution in [1.82, 2.24) is 44.5 Å². The van der Waals surface area contributed by atoms with Crippen LogP contribution in [-0.2, 0) is 13.6 Å². The van der Waals surface area contributed by atoms with Crippen LogP contribution in [0.4, 0.5) is 0 Å². The third kappa shape index (κ3) is 5.11. The van der Waals surface area contributed by atoms with E-state index in [1.54, 1.807) is 6.33 Å². The molecule has 0 atom stereocenters. The van der Waals surface area contributed by atoms with Gasteiger partial charge in [-0.1, -0.05) is 11.6 Å². The van der Waals surface area contributed by atoms with Crippen LogP contribution >= 0.6 is 11.6 Å². The SMILES string of the molecule is Cn1cnnc1Cn1c(-c2ccc(OCCN3CCNCC3)cc2Cl)nc2c(OC3(C)CC3)ncnc21. The average molecular weight is 524 g/mol.